The van der Waals surface area contributed by atoms with Gasteiger partial charge in [0.25, 0.3) is 0 Å². The molecule has 1 aromatic heterocycles. The maximum Gasteiger partial charge on any atom is 0.411 e. The summed E-state index contributed by atoms with van der Waals surface area (Å²) in [7, 11) is 0. The SMILES string of the molecule is CC(C)C1=NN(CCOCC(F)(F)F)C2=CN=C(N3CCNCC3)N(c3ccncn3)C21. The monoisotopic (exact) mass is 452 g/mol. The van der Waals surface area contributed by atoms with E-state index in [1.54, 1.807) is 17.4 Å². The summed E-state index contributed by atoms with van der Waals surface area (Å²) in [6, 6.07) is 1.57. The molecule has 0 bridgehead atoms. The summed E-state index contributed by atoms with van der Waals surface area (Å²) in [5.74, 6) is 1.58. The average Bonchev–Trinajstić information content (AvgIpc) is 3.16. The van der Waals surface area contributed by atoms with Crippen molar-refractivity contribution in [3.63, 3.8) is 0 Å². The lowest BCUT2D eigenvalue weighted by molar-refractivity contribution is -0.174. The third kappa shape index (κ3) is 4.85. The topological polar surface area (TPSA) is 81.5 Å². The minimum atomic E-state index is -4.35. The van der Waals surface area contributed by atoms with E-state index in [-0.39, 0.29) is 25.1 Å². The molecule has 1 atom stereocenters. The molecule has 1 aromatic rings. The van der Waals surface area contributed by atoms with E-state index in [1.165, 1.54) is 6.33 Å². The van der Waals surface area contributed by atoms with Crippen molar-refractivity contribution >= 4 is 17.5 Å². The van der Waals surface area contributed by atoms with Gasteiger partial charge in [-0.1, -0.05) is 13.8 Å². The van der Waals surface area contributed by atoms with Crippen LogP contribution in [0.3, 0.4) is 0 Å². The van der Waals surface area contributed by atoms with E-state index in [1.807, 2.05) is 6.07 Å². The second-order valence-electron chi connectivity index (χ2n) is 8.03. The van der Waals surface area contributed by atoms with E-state index < -0.39 is 12.8 Å². The fourth-order valence-corrected chi connectivity index (χ4v) is 3.96. The minimum absolute atomic E-state index is 0.0969. The zero-order valence-corrected chi connectivity index (χ0v) is 18.1. The Morgan fingerprint density at radius 2 is 2.03 bits per heavy atom. The highest BCUT2D eigenvalue weighted by Crippen LogP contribution is 2.34. The fraction of sp³-hybridized carbons (Fsp3) is 0.600. The normalized spacial score (nSPS) is 21.5. The number of aromatic nitrogens is 2. The number of nitrogens with one attached hydrogen (secondary N) is 1. The van der Waals surface area contributed by atoms with Gasteiger partial charge in [-0.15, -0.1) is 0 Å². The van der Waals surface area contributed by atoms with Crippen molar-refractivity contribution < 1.29 is 17.9 Å². The van der Waals surface area contributed by atoms with Crippen LogP contribution in [-0.4, -0.2) is 89.7 Å². The quantitative estimate of drug-likeness (QED) is 0.658. The summed E-state index contributed by atoms with van der Waals surface area (Å²) >= 11 is 0. The van der Waals surface area contributed by atoms with Gasteiger partial charge < -0.3 is 15.0 Å². The Hall–Kier alpha value is -2.73. The Bertz CT molecular complexity index is 881. The first kappa shape index (κ1) is 22.5. The van der Waals surface area contributed by atoms with E-state index in [0.29, 0.717) is 5.82 Å². The molecule has 1 fully saturated rings. The number of hydrogen-bond donors (Lipinski definition) is 1. The number of halogens is 3. The molecule has 174 valence electrons. The van der Waals surface area contributed by atoms with Gasteiger partial charge in [-0.05, 0) is 12.0 Å². The molecule has 3 aliphatic rings. The number of anilines is 1. The van der Waals surface area contributed by atoms with Gasteiger partial charge in [-0.25, -0.2) is 15.0 Å². The molecule has 12 heteroatoms. The van der Waals surface area contributed by atoms with Gasteiger partial charge in [-0.2, -0.15) is 18.3 Å². The summed E-state index contributed by atoms with van der Waals surface area (Å²) in [6.45, 7) is 6.24. The number of piperazine rings is 1. The van der Waals surface area contributed by atoms with E-state index in [9.17, 15) is 13.2 Å². The van der Waals surface area contributed by atoms with E-state index in [0.717, 1.165) is 43.5 Å². The number of alkyl halides is 3. The Balaban J connectivity index is 1.64. The third-order valence-electron chi connectivity index (χ3n) is 5.40. The van der Waals surface area contributed by atoms with E-state index in [2.05, 4.69) is 38.9 Å². The summed E-state index contributed by atoms with van der Waals surface area (Å²) < 4.78 is 42.1. The Labute approximate surface area is 184 Å². The fourth-order valence-electron chi connectivity index (χ4n) is 3.96. The van der Waals surface area contributed by atoms with E-state index >= 15 is 0 Å². The molecule has 0 aliphatic carbocycles. The molecule has 3 aliphatic heterocycles. The summed E-state index contributed by atoms with van der Waals surface area (Å²) in [6.07, 6.45) is 0.588. The van der Waals surface area contributed by atoms with Crippen molar-refractivity contribution in [2.75, 3.05) is 50.8 Å². The Morgan fingerprint density at radius 3 is 2.69 bits per heavy atom. The van der Waals surface area contributed by atoms with Gasteiger partial charge in [0.05, 0.1) is 30.8 Å². The number of aliphatic imine (C=N–C) groups is 1. The van der Waals surface area contributed by atoms with Crippen molar-refractivity contribution in [2.24, 2.45) is 16.0 Å². The van der Waals surface area contributed by atoms with Gasteiger partial charge >= 0.3 is 6.18 Å². The van der Waals surface area contributed by atoms with Crippen LogP contribution in [0.1, 0.15) is 13.8 Å². The largest absolute Gasteiger partial charge is 0.411 e. The highest BCUT2D eigenvalue weighted by Gasteiger charge is 2.43. The summed E-state index contributed by atoms with van der Waals surface area (Å²) in [5.41, 5.74) is 1.69. The molecule has 1 N–H and O–H groups in total. The van der Waals surface area contributed by atoms with Crippen LogP contribution in [0, 0.1) is 5.92 Å². The van der Waals surface area contributed by atoms with Crippen LogP contribution >= 0.6 is 0 Å². The van der Waals surface area contributed by atoms with Crippen molar-refractivity contribution in [1.29, 1.82) is 0 Å². The average molecular weight is 452 g/mol. The predicted molar refractivity (Wildman–Crippen MR) is 114 cm³/mol. The number of rotatable bonds is 6. The van der Waals surface area contributed by atoms with Crippen molar-refractivity contribution in [3.8, 4) is 0 Å². The molecule has 0 radical (unpaired) electrons. The Morgan fingerprint density at radius 1 is 1.25 bits per heavy atom. The second-order valence-corrected chi connectivity index (χ2v) is 8.03. The first-order valence-corrected chi connectivity index (χ1v) is 10.6. The standard InChI is InChI=1S/C20H27F3N8O/c1-14(2)17-18-15(30(28-17)9-10-32-12-20(21,22)23)11-26-19(29-7-5-24-6-8-29)31(18)16-3-4-25-13-27-16/h3-4,11,13-14,18,24H,5-10,12H2,1-2H3. The minimum Gasteiger partial charge on any atom is -0.370 e. The van der Waals surface area contributed by atoms with Crippen LogP contribution < -0.4 is 10.2 Å². The lowest BCUT2D eigenvalue weighted by Gasteiger charge is -2.41. The number of nitrogens with zero attached hydrogens (tertiary/aromatic N) is 7. The van der Waals surface area contributed by atoms with Gasteiger partial charge in [0.2, 0.25) is 5.96 Å². The lowest BCUT2D eigenvalue weighted by atomic mass is 9.97. The molecular weight excluding hydrogens is 425 g/mol. The second kappa shape index (κ2) is 9.41. The number of guanidine groups is 1. The van der Waals surface area contributed by atoms with Crippen LogP contribution in [-0.2, 0) is 4.74 Å². The summed E-state index contributed by atoms with van der Waals surface area (Å²) in [4.78, 5) is 17.5. The number of hydrazone groups is 1. The van der Waals surface area contributed by atoms with Crippen molar-refractivity contribution in [1.82, 2.24) is 25.2 Å². The molecule has 9 nitrogen and oxygen atoms in total. The van der Waals surface area contributed by atoms with E-state index in [4.69, 9.17) is 14.8 Å². The van der Waals surface area contributed by atoms with Crippen LogP contribution in [0.2, 0.25) is 0 Å². The third-order valence-corrected chi connectivity index (χ3v) is 5.40. The number of ether oxygens (including phenoxy) is 1. The maximum absolute atomic E-state index is 12.4. The Kier molecular flexibility index (Phi) is 6.60. The highest BCUT2D eigenvalue weighted by atomic mass is 19.4. The molecule has 0 saturated carbocycles. The van der Waals surface area contributed by atoms with Crippen LogP contribution in [0.4, 0.5) is 19.0 Å². The maximum atomic E-state index is 12.4. The van der Waals surface area contributed by atoms with Gasteiger partial charge in [0.1, 0.15) is 24.8 Å². The lowest BCUT2D eigenvalue weighted by Crippen LogP contribution is -2.58. The van der Waals surface area contributed by atoms with Crippen LogP contribution in [0.25, 0.3) is 0 Å². The highest BCUT2D eigenvalue weighted by molar-refractivity contribution is 6.08. The predicted octanol–water partition coefficient (Wildman–Crippen LogP) is 1.67. The van der Waals surface area contributed by atoms with Crippen molar-refractivity contribution in [3.05, 3.63) is 30.5 Å². The summed E-state index contributed by atoms with van der Waals surface area (Å²) in [5, 5.41) is 9.80. The van der Waals surface area contributed by atoms with Gasteiger partial charge in [-0.3, -0.25) is 9.91 Å². The van der Waals surface area contributed by atoms with Crippen LogP contribution in [0.15, 0.2) is 40.6 Å². The molecule has 4 heterocycles. The molecule has 0 aromatic carbocycles. The molecule has 1 unspecified atom stereocenters. The zero-order valence-electron chi connectivity index (χ0n) is 18.1. The van der Waals surface area contributed by atoms with Gasteiger partial charge in [0.15, 0.2) is 0 Å². The molecule has 0 amide bonds. The number of fused-ring (bicyclic) bond motifs is 1. The molecule has 4 rings (SSSR count). The van der Waals surface area contributed by atoms with Crippen molar-refractivity contribution in [2.45, 2.75) is 26.1 Å². The molecule has 0 spiro atoms. The van der Waals surface area contributed by atoms with Crippen LogP contribution in [0.5, 0.6) is 0 Å². The molecule has 1 saturated heterocycles. The smallest absolute Gasteiger partial charge is 0.370 e. The first-order chi connectivity index (χ1) is 15.3. The zero-order chi connectivity index (χ0) is 22.7. The number of hydrogen-bond acceptors (Lipinski definition) is 9. The molecule has 32 heavy (non-hydrogen) atoms. The first-order valence-electron chi connectivity index (χ1n) is 10.6. The van der Waals surface area contributed by atoms with Gasteiger partial charge in [0, 0.05) is 32.4 Å². The molecular formula is C20H27F3N8O.